The minimum absolute atomic E-state index is 0.255. The first-order valence-corrected chi connectivity index (χ1v) is 6.41. The highest BCUT2D eigenvalue weighted by molar-refractivity contribution is 6.44. The van der Waals surface area contributed by atoms with E-state index in [2.05, 4.69) is 5.32 Å². The molecule has 0 saturated carbocycles. The topological polar surface area (TPSA) is 64.4 Å². The molecule has 0 aromatic heterocycles. The molecule has 1 fully saturated rings. The van der Waals surface area contributed by atoms with Crippen molar-refractivity contribution in [2.24, 2.45) is 5.73 Å². The van der Waals surface area contributed by atoms with Gasteiger partial charge < -0.3 is 15.8 Å². The summed E-state index contributed by atoms with van der Waals surface area (Å²) in [6, 6.07) is 5.07. The molecule has 0 unspecified atom stereocenters. The van der Waals surface area contributed by atoms with Crippen molar-refractivity contribution in [2.45, 2.75) is 18.4 Å². The molecule has 0 spiro atoms. The Labute approximate surface area is 115 Å². The van der Waals surface area contributed by atoms with Gasteiger partial charge in [0.25, 0.3) is 0 Å². The molecule has 1 amide bonds. The molecule has 1 aromatic rings. The van der Waals surface area contributed by atoms with Crippen LogP contribution in [-0.4, -0.2) is 24.7 Å². The van der Waals surface area contributed by atoms with E-state index in [9.17, 15) is 4.79 Å². The van der Waals surface area contributed by atoms with Crippen LogP contribution < -0.4 is 11.1 Å². The number of amides is 1. The quantitative estimate of drug-likeness (QED) is 0.879. The lowest BCUT2D eigenvalue weighted by molar-refractivity contribution is -0.124. The van der Waals surface area contributed by atoms with E-state index in [0.29, 0.717) is 41.8 Å². The maximum absolute atomic E-state index is 12.2. The fourth-order valence-electron chi connectivity index (χ4n) is 1.81. The first kappa shape index (κ1) is 13.6. The van der Waals surface area contributed by atoms with Gasteiger partial charge in [-0.05, 0) is 25.0 Å². The van der Waals surface area contributed by atoms with Crippen molar-refractivity contribution >= 4 is 34.8 Å². The molecule has 98 valence electrons. The molecule has 6 heteroatoms. The van der Waals surface area contributed by atoms with Crippen LogP contribution in [0.15, 0.2) is 18.2 Å². The van der Waals surface area contributed by atoms with Crippen LogP contribution in [0.2, 0.25) is 10.0 Å². The van der Waals surface area contributed by atoms with Crippen molar-refractivity contribution in [1.29, 1.82) is 0 Å². The summed E-state index contributed by atoms with van der Waals surface area (Å²) in [7, 11) is 0. The van der Waals surface area contributed by atoms with Crippen LogP contribution in [-0.2, 0) is 9.53 Å². The minimum atomic E-state index is -0.899. The number of carbonyl (C=O) groups is 1. The summed E-state index contributed by atoms with van der Waals surface area (Å²) >= 11 is 11.9. The first-order valence-electron chi connectivity index (χ1n) is 5.65. The van der Waals surface area contributed by atoms with Gasteiger partial charge in [0, 0.05) is 13.2 Å². The number of carbonyl (C=O) groups excluding carboxylic acids is 1. The Kier molecular flexibility index (Phi) is 4.12. The van der Waals surface area contributed by atoms with E-state index in [1.807, 2.05) is 0 Å². The third kappa shape index (κ3) is 2.78. The number of rotatable bonds is 2. The average molecular weight is 289 g/mol. The highest BCUT2D eigenvalue weighted by atomic mass is 35.5. The molecule has 1 saturated heterocycles. The van der Waals surface area contributed by atoms with Crippen LogP contribution in [0.25, 0.3) is 0 Å². The van der Waals surface area contributed by atoms with Crippen molar-refractivity contribution in [2.75, 3.05) is 18.5 Å². The number of halogens is 2. The summed E-state index contributed by atoms with van der Waals surface area (Å²) in [4.78, 5) is 12.2. The van der Waals surface area contributed by atoms with Crippen molar-refractivity contribution in [3.8, 4) is 0 Å². The number of nitrogens with one attached hydrogen (secondary N) is 1. The summed E-state index contributed by atoms with van der Waals surface area (Å²) in [6.45, 7) is 0.987. The Bertz CT molecular complexity index is 459. The summed E-state index contributed by atoms with van der Waals surface area (Å²) in [5.74, 6) is -0.255. The number of nitrogens with two attached hydrogens (primary N) is 1. The van der Waals surface area contributed by atoms with E-state index in [1.165, 1.54) is 0 Å². The van der Waals surface area contributed by atoms with E-state index in [0.717, 1.165) is 0 Å². The molecule has 4 nitrogen and oxygen atoms in total. The third-order valence-electron chi connectivity index (χ3n) is 3.04. The molecule has 3 N–H and O–H groups in total. The Morgan fingerprint density at radius 3 is 2.67 bits per heavy atom. The van der Waals surface area contributed by atoms with Crippen molar-refractivity contribution in [3.63, 3.8) is 0 Å². The molecule has 1 aliphatic rings. The molecule has 0 atom stereocenters. The second-order valence-electron chi connectivity index (χ2n) is 4.32. The molecule has 18 heavy (non-hydrogen) atoms. The summed E-state index contributed by atoms with van der Waals surface area (Å²) in [6.07, 6.45) is 0.994. The second kappa shape index (κ2) is 5.45. The van der Waals surface area contributed by atoms with Crippen molar-refractivity contribution < 1.29 is 9.53 Å². The van der Waals surface area contributed by atoms with Gasteiger partial charge in [-0.3, -0.25) is 4.79 Å². The molecule has 1 aliphatic heterocycles. The molecule has 2 rings (SSSR count). The minimum Gasteiger partial charge on any atom is -0.381 e. The number of benzene rings is 1. The van der Waals surface area contributed by atoms with Gasteiger partial charge in [0.1, 0.15) is 5.54 Å². The van der Waals surface area contributed by atoms with Gasteiger partial charge in [-0.1, -0.05) is 29.3 Å². The van der Waals surface area contributed by atoms with Gasteiger partial charge in [-0.15, -0.1) is 0 Å². The zero-order valence-corrected chi connectivity index (χ0v) is 11.2. The predicted molar refractivity (Wildman–Crippen MR) is 72.1 cm³/mol. The monoisotopic (exact) mass is 288 g/mol. The molecular formula is C12H14Cl2N2O2. The summed E-state index contributed by atoms with van der Waals surface area (Å²) in [5, 5.41) is 3.44. The molecule has 0 bridgehead atoms. The average Bonchev–Trinajstić information content (AvgIpc) is 2.36. The maximum atomic E-state index is 12.2. The van der Waals surface area contributed by atoms with Crippen LogP contribution in [0.4, 0.5) is 5.69 Å². The van der Waals surface area contributed by atoms with Crippen LogP contribution in [0, 0.1) is 0 Å². The normalized spacial score (nSPS) is 18.4. The number of anilines is 1. The van der Waals surface area contributed by atoms with E-state index in [1.54, 1.807) is 18.2 Å². The van der Waals surface area contributed by atoms with Crippen LogP contribution in [0.3, 0.4) is 0 Å². The lowest BCUT2D eigenvalue weighted by Crippen LogP contribution is -2.54. The van der Waals surface area contributed by atoms with Crippen LogP contribution in [0.1, 0.15) is 12.8 Å². The third-order valence-corrected chi connectivity index (χ3v) is 3.86. The number of ether oxygens (including phenoxy) is 1. The van der Waals surface area contributed by atoms with Crippen LogP contribution in [0.5, 0.6) is 0 Å². The summed E-state index contributed by atoms with van der Waals surface area (Å²) in [5.41, 5.74) is 5.65. The maximum Gasteiger partial charge on any atom is 0.244 e. The lowest BCUT2D eigenvalue weighted by atomic mass is 9.90. The predicted octanol–water partition coefficient (Wildman–Crippen LogP) is 2.44. The summed E-state index contributed by atoms with van der Waals surface area (Å²) < 4.78 is 5.20. The van der Waals surface area contributed by atoms with E-state index >= 15 is 0 Å². The van der Waals surface area contributed by atoms with Crippen LogP contribution >= 0.6 is 23.2 Å². The van der Waals surface area contributed by atoms with Crippen molar-refractivity contribution in [3.05, 3.63) is 28.2 Å². The van der Waals surface area contributed by atoms with Gasteiger partial charge in [0.2, 0.25) is 5.91 Å². The fraction of sp³-hybridized carbons (Fsp3) is 0.417. The van der Waals surface area contributed by atoms with Gasteiger partial charge >= 0.3 is 0 Å². The van der Waals surface area contributed by atoms with Gasteiger partial charge in [0.05, 0.1) is 15.7 Å². The standard InChI is InChI=1S/C12H14Cl2N2O2/c13-8-2-1-3-9(10(8)14)16-11(17)12(15)4-6-18-7-5-12/h1-3H,4-7,15H2,(H,16,17). The number of hydrogen-bond acceptors (Lipinski definition) is 3. The zero-order valence-electron chi connectivity index (χ0n) is 9.71. The van der Waals surface area contributed by atoms with Crippen molar-refractivity contribution in [1.82, 2.24) is 0 Å². The zero-order chi connectivity index (χ0) is 13.2. The first-order chi connectivity index (χ1) is 8.53. The largest absolute Gasteiger partial charge is 0.381 e. The van der Waals surface area contributed by atoms with Gasteiger partial charge in [-0.2, -0.15) is 0 Å². The lowest BCUT2D eigenvalue weighted by Gasteiger charge is -2.31. The molecule has 1 aromatic carbocycles. The fourth-order valence-corrected chi connectivity index (χ4v) is 2.16. The van der Waals surface area contributed by atoms with Gasteiger partial charge in [-0.25, -0.2) is 0 Å². The Morgan fingerprint density at radius 1 is 1.33 bits per heavy atom. The number of hydrogen-bond donors (Lipinski definition) is 2. The molecule has 1 heterocycles. The SMILES string of the molecule is NC1(C(=O)Nc2cccc(Cl)c2Cl)CCOCC1. The smallest absolute Gasteiger partial charge is 0.244 e. The Balaban J connectivity index is 2.13. The molecular weight excluding hydrogens is 275 g/mol. The molecule has 0 radical (unpaired) electrons. The highest BCUT2D eigenvalue weighted by Crippen LogP contribution is 2.30. The Hall–Kier alpha value is -0.810. The Morgan fingerprint density at radius 2 is 2.00 bits per heavy atom. The van der Waals surface area contributed by atoms with E-state index in [4.69, 9.17) is 33.7 Å². The van der Waals surface area contributed by atoms with E-state index < -0.39 is 5.54 Å². The second-order valence-corrected chi connectivity index (χ2v) is 5.11. The molecule has 0 aliphatic carbocycles. The van der Waals surface area contributed by atoms with E-state index in [-0.39, 0.29) is 5.91 Å². The highest BCUT2D eigenvalue weighted by Gasteiger charge is 2.36. The van der Waals surface area contributed by atoms with Gasteiger partial charge in [0.15, 0.2) is 0 Å².